The Morgan fingerprint density at radius 1 is 0.690 bits per heavy atom. The molecule has 2 atom stereocenters. The number of hydrogen-bond donors (Lipinski definition) is 4. The molecule has 29 heavy (non-hydrogen) atoms. The predicted molar refractivity (Wildman–Crippen MR) is 110 cm³/mol. The molecule has 0 bridgehead atoms. The predicted octanol–water partition coefficient (Wildman–Crippen LogP) is 2.66. The molecule has 2 heterocycles. The normalized spacial score (nSPS) is 23.1. The quantitative estimate of drug-likeness (QED) is 0.454. The number of barbiturate groups is 1. The zero-order valence-corrected chi connectivity index (χ0v) is 17.8. The zero-order valence-electron chi connectivity index (χ0n) is 14.7. The van der Waals surface area contributed by atoms with Gasteiger partial charge < -0.3 is 10.6 Å². The molecule has 0 radical (unpaired) electrons. The van der Waals surface area contributed by atoms with E-state index in [1.807, 2.05) is 0 Å². The van der Waals surface area contributed by atoms with Gasteiger partial charge in [0, 0.05) is 8.95 Å². The molecule has 4 N–H and O–H groups in total. The number of amides is 6. The van der Waals surface area contributed by atoms with Gasteiger partial charge in [0.05, 0.1) is 12.1 Å². The summed E-state index contributed by atoms with van der Waals surface area (Å²) < 4.78 is 1.43. The number of nitrogens with one attached hydrogen (secondary N) is 4. The van der Waals surface area contributed by atoms with Crippen molar-refractivity contribution in [2.45, 2.75) is 12.1 Å². The number of imide groups is 2. The molecule has 2 saturated heterocycles. The van der Waals surface area contributed by atoms with Crippen molar-refractivity contribution < 1.29 is 19.2 Å². The molecule has 2 fully saturated rings. The topological polar surface area (TPSA) is 116 Å². The van der Waals surface area contributed by atoms with Crippen molar-refractivity contribution in [1.29, 1.82) is 0 Å². The Morgan fingerprint density at radius 3 is 1.55 bits per heavy atom. The summed E-state index contributed by atoms with van der Waals surface area (Å²) in [4.78, 5) is 50.8. The number of carbonyl (C=O) groups excluding carboxylic acids is 4. The number of urea groups is 2. The Balaban J connectivity index is 1.96. The van der Waals surface area contributed by atoms with Gasteiger partial charge in [-0.05, 0) is 35.4 Å². The SMILES string of the molecule is O=C1NC(=O)C2(C(=O)N1)[C@H](c1cccc(Br)c1)NC(=O)N[C@H]2c1cccc(Br)c1. The van der Waals surface area contributed by atoms with Crippen LogP contribution < -0.4 is 21.3 Å². The highest BCUT2D eigenvalue weighted by molar-refractivity contribution is 9.10. The van der Waals surface area contributed by atoms with Crippen LogP contribution in [0.1, 0.15) is 23.2 Å². The first-order chi connectivity index (χ1) is 13.8. The minimum atomic E-state index is -1.84. The Kier molecular flexibility index (Phi) is 4.91. The maximum Gasteiger partial charge on any atom is 0.328 e. The van der Waals surface area contributed by atoms with Crippen molar-refractivity contribution in [3.63, 3.8) is 0 Å². The Hall–Kier alpha value is -2.72. The maximum atomic E-state index is 13.2. The lowest BCUT2D eigenvalue weighted by Crippen LogP contribution is -2.73. The van der Waals surface area contributed by atoms with E-state index in [0.717, 1.165) is 0 Å². The van der Waals surface area contributed by atoms with Crippen LogP contribution in [0.4, 0.5) is 9.59 Å². The van der Waals surface area contributed by atoms with Gasteiger partial charge in [0.15, 0.2) is 5.41 Å². The number of benzene rings is 2. The fourth-order valence-corrected chi connectivity index (χ4v) is 4.67. The van der Waals surface area contributed by atoms with Gasteiger partial charge in [0.25, 0.3) is 0 Å². The van der Waals surface area contributed by atoms with Gasteiger partial charge in [-0.25, -0.2) is 9.59 Å². The second-order valence-corrected chi connectivity index (χ2v) is 8.53. The molecule has 148 valence electrons. The van der Waals surface area contributed by atoms with E-state index < -0.39 is 41.4 Å². The van der Waals surface area contributed by atoms with Crippen LogP contribution in [0.2, 0.25) is 0 Å². The third kappa shape index (κ3) is 3.22. The smallest absolute Gasteiger partial charge is 0.328 e. The van der Waals surface area contributed by atoms with Crippen molar-refractivity contribution in [2.24, 2.45) is 5.41 Å². The summed E-state index contributed by atoms with van der Waals surface area (Å²) in [6.45, 7) is 0. The van der Waals surface area contributed by atoms with E-state index in [-0.39, 0.29) is 0 Å². The third-order valence-electron chi connectivity index (χ3n) is 5.03. The molecule has 8 nitrogen and oxygen atoms in total. The van der Waals surface area contributed by atoms with Gasteiger partial charge in [-0.3, -0.25) is 20.2 Å². The van der Waals surface area contributed by atoms with Crippen LogP contribution in [0.25, 0.3) is 0 Å². The first kappa shape index (κ1) is 19.6. The number of halogens is 2. The molecule has 10 heteroatoms. The van der Waals surface area contributed by atoms with Crippen molar-refractivity contribution >= 4 is 55.7 Å². The largest absolute Gasteiger partial charge is 0.330 e. The highest BCUT2D eigenvalue weighted by Gasteiger charge is 2.64. The van der Waals surface area contributed by atoms with Crippen molar-refractivity contribution in [2.75, 3.05) is 0 Å². The van der Waals surface area contributed by atoms with Crippen LogP contribution in [-0.4, -0.2) is 23.9 Å². The van der Waals surface area contributed by atoms with Crippen molar-refractivity contribution in [3.05, 3.63) is 68.6 Å². The molecule has 0 aliphatic carbocycles. The molecule has 2 aliphatic rings. The van der Waals surface area contributed by atoms with Crippen molar-refractivity contribution in [1.82, 2.24) is 21.3 Å². The Bertz CT molecular complexity index is 979. The van der Waals surface area contributed by atoms with E-state index in [9.17, 15) is 19.2 Å². The van der Waals surface area contributed by atoms with Gasteiger partial charge in [0.1, 0.15) is 0 Å². The fraction of sp³-hybridized carbons (Fsp3) is 0.158. The van der Waals surface area contributed by atoms with E-state index >= 15 is 0 Å². The van der Waals surface area contributed by atoms with Gasteiger partial charge in [-0.15, -0.1) is 0 Å². The van der Waals surface area contributed by atoms with E-state index in [1.54, 1.807) is 48.5 Å². The number of carbonyl (C=O) groups is 4. The van der Waals surface area contributed by atoms with Gasteiger partial charge in [0.2, 0.25) is 11.8 Å². The molecule has 0 saturated carbocycles. The van der Waals surface area contributed by atoms with Crippen LogP contribution in [-0.2, 0) is 9.59 Å². The van der Waals surface area contributed by atoms with Crippen molar-refractivity contribution in [3.8, 4) is 0 Å². The van der Waals surface area contributed by atoms with Gasteiger partial charge in [-0.2, -0.15) is 0 Å². The molecule has 0 unspecified atom stereocenters. The minimum Gasteiger partial charge on any atom is -0.330 e. The lowest BCUT2D eigenvalue weighted by molar-refractivity contribution is -0.150. The fourth-order valence-electron chi connectivity index (χ4n) is 3.83. The van der Waals surface area contributed by atoms with Gasteiger partial charge in [-0.1, -0.05) is 56.1 Å². The Morgan fingerprint density at radius 2 is 1.14 bits per heavy atom. The average Bonchev–Trinajstić information content (AvgIpc) is 2.66. The highest BCUT2D eigenvalue weighted by Crippen LogP contribution is 2.48. The molecule has 2 aromatic rings. The van der Waals surface area contributed by atoms with Gasteiger partial charge >= 0.3 is 12.1 Å². The summed E-state index contributed by atoms with van der Waals surface area (Å²) >= 11 is 6.75. The first-order valence-corrected chi connectivity index (χ1v) is 10.2. The molecule has 2 aliphatic heterocycles. The lowest BCUT2D eigenvalue weighted by Gasteiger charge is -2.48. The summed E-state index contributed by atoms with van der Waals surface area (Å²) in [7, 11) is 0. The highest BCUT2D eigenvalue weighted by atomic mass is 79.9. The van der Waals surface area contributed by atoms with E-state index in [1.165, 1.54) is 0 Å². The van der Waals surface area contributed by atoms with Crippen LogP contribution >= 0.6 is 31.9 Å². The summed E-state index contributed by atoms with van der Waals surface area (Å²) in [5.41, 5.74) is -0.772. The average molecular weight is 522 g/mol. The molecule has 1 spiro atoms. The van der Waals surface area contributed by atoms with Crippen LogP contribution in [0.15, 0.2) is 57.5 Å². The summed E-state index contributed by atoms with van der Waals surface area (Å²) in [6.07, 6.45) is 0. The standard InChI is InChI=1S/C19H14Br2N4O4/c20-11-5-1-3-9(7-11)13-19(15(26)24-18(29)25-16(19)27)14(23-17(28)22-13)10-4-2-6-12(21)8-10/h1-8,13-14H,(H2,22,23,28)(H2,24,25,26,27,29)/t13-,14-/m0/s1. The summed E-state index contributed by atoms with van der Waals surface area (Å²) in [5, 5.41) is 9.77. The third-order valence-corrected chi connectivity index (χ3v) is 6.02. The summed E-state index contributed by atoms with van der Waals surface area (Å²) in [5.74, 6) is -1.59. The van der Waals surface area contributed by atoms with Crippen LogP contribution in [0.5, 0.6) is 0 Å². The Labute approximate surface area is 182 Å². The molecular formula is C19H14Br2N4O4. The molecular weight excluding hydrogens is 508 g/mol. The molecule has 2 aromatic carbocycles. The zero-order chi connectivity index (χ0) is 20.8. The maximum absolute atomic E-state index is 13.2. The number of rotatable bonds is 2. The number of hydrogen-bond acceptors (Lipinski definition) is 4. The van der Waals surface area contributed by atoms with E-state index in [4.69, 9.17) is 0 Å². The summed E-state index contributed by atoms with van der Waals surface area (Å²) in [6, 6.07) is 10.4. The lowest BCUT2D eigenvalue weighted by atomic mass is 9.65. The molecule has 0 aromatic heterocycles. The van der Waals surface area contributed by atoms with E-state index in [0.29, 0.717) is 20.1 Å². The second-order valence-electron chi connectivity index (χ2n) is 6.70. The molecule has 6 amide bonds. The van der Waals surface area contributed by atoms with Crippen LogP contribution in [0, 0.1) is 5.41 Å². The second kappa shape index (κ2) is 7.27. The van der Waals surface area contributed by atoms with Crippen LogP contribution in [0.3, 0.4) is 0 Å². The van der Waals surface area contributed by atoms with E-state index in [2.05, 4.69) is 53.1 Å². The monoisotopic (exact) mass is 520 g/mol. The first-order valence-electron chi connectivity index (χ1n) is 8.57. The minimum absolute atomic E-state index is 0.536. The molecule has 4 rings (SSSR count).